The highest BCUT2D eigenvalue weighted by atomic mass is 32.2. The Balaban J connectivity index is 1.64. The van der Waals surface area contributed by atoms with Crippen LogP contribution < -0.4 is 10.1 Å². The van der Waals surface area contributed by atoms with Crippen LogP contribution in [-0.2, 0) is 19.1 Å². The van der Waals surface area contributed by atoms with Crippen molar-refractivity contribution in [2.24, 2.45) is 0 Å². The van der Waals surface area contributed by atoms with Crippen LogP contribution in [-0.4, -0.2) is 68.5 Å². The minimum absolute atomic E-state index is 0.143. The number of nitrogens with zero attached hydrogens (tertiary/aromatic N) is 2. The van der Waals surface area contributed by atoms with Gasteiger partial charge in [0.05, 0.1) is 42.8 Å². The molecule has 1 heterocycles. The fraction of sp³-hybridized carbons (Fsp3) is 0.379. The first-order valence-corrected chi connectivity index (χ1v) is 13.8. The lowest BCUT2D eigenvalue weighted by molar-refractivity contribution is -0.384. The topological polar surface area (TPSA) is 120 Å². The van der Waals surface area contributed by atoms with Gasteiger partial charge in [0.2, 0.25) is 0 Å². The first-order chi connectivity index (χ1) is 19.2. The average Bonchev–Trinajstić information content (AvgIpc) is 2.94. The van der Waals surface area contributed by atoms with Crippen LogP contribution >= 0.6 is 11.8 Å². The monoisotopic (exact) mass is 569 g/mol. The van der Waals surface area contributed by atoms with E-state index in [4.69, 9.17) is 14.2 Å². The third-order valence-corrected chi connectivity index (χ3v) is 7.55. The number of para-hydroxylation sites is 1. The molecule has 0 saturated carbocycles. The number of methoxy groups -OCH3 is 2. The molecule has 11 heteroatoms. The van der Waals surface area contributed by atoms with Gasteiger partial charge in [0.25, 0.3) is 5.69 Å². The molecule has 0 spiro atoms. The van der Waals surface area contributed by atoms with Gasteiger partial charge in [-0.2, -0.15) is 0 Å². The molecule has 0 radical (unpaired) electrons. The van der Waals surface area contributed by atoms with E-state index in [1.54, 1.807) is 38.8 Å². The molecule has 214 valence electrons. The number of nitro benzene ring substituents is 1. The molecule has 2 aromatic carbocycles. The molecule has 0 aromatic heterocycles. The second kappa shape index (κ2) is 14.5. The molecule has 1 aliphatic heterocycles. The van der Waals surface area contributed by atoms with Crippen LogP contribution in [0, 0.1) is 10.1 Å². The predicted octanol–water partition coefficient (Wildman–Crippen LogP) is 4.67. The largest absolute Gasteiger partial charge is 0.496 e. The van der Waals surface area contributed by atoms with Crippen LogP contribution in [0.1, 0.15) is 31.7 Å². The highest BCUT2D eigenvalue weighted by molar-refractivity contribution is 7.99. The van der Waals surface area contributed by atoms with E-state index in [9.17, 15) is 19.7 Å². The van der Waals surface area contributed by atoms with Gasteiger partial charge in [-0.05, 0) is 45.0 Å². The first kappa shape index (κ1) is 30.7. The third kappa shape index (κ3) is 7.64. The number of rotatable bonds is 13. The number of non-ortho nitro benzene ring substituents is 1. The van der Waals surface area contributed by atoms with Crippen molar-refractivity contribution >= 4 is 29.4 Å². The molecule has 1 aliphatic rings. The number of nitro groups is 1. The minimum atomic E-state index is -0.879. The number of benzene rings is 2. The van der Waals surface area contributed by atoms with E-state index >= 15 is 0 Å². The van der Waals surface area contributed by atoms with Crippen LogP contribution in [0.15, 0.2) is 76.0 Å². The van der Waals surface area contributed by atoms with Crippen LogP contribution in [0.4, 0.5) is 5.69 Å². The highest BCUT2D eigenvalue weighted by Gasteiger charge is 2.38. The first-order valence-electron chi connectivity index (χ1n) is 12.8. The van der Waals surface area contributed by atoms with E-state index in [-0.39, 0.29) is 23.4 Å². The van der Waals surface area contributed by atoms with Crippen LogP contribution in [0.25, 0.3) is 0 Å². The molecule has 1 atom stereocenters. The van der Waals surface area contributed by atoms with E-state index in [0.29, 0.717) is 23.4 Å². The molecular weight excluding hydrogens is 534 g/mol. The van der Waals surface area contributed by atoms with E-state index in [1.807, 2.05) is 31.3 Å². The summed E-state index contributed by atoms with van der Waals surface area (Å²) in [5.74, 6) is -0.374. The van der Waals surface area contributed by atoms with Gasteiger partial charge >= 0.3 is 11.9 Å². The summed E-state index contributed by atoms with van der Waals surface area (Å²) in [6.07, 6.45) is 0.613. The van der Waals surface area contributed by atoms with Gasteiger partial charge < -0.3 is 24.4 Å². The molecule has 10 nitrogen and oxygen atoms in total. The summed E-state index contributed by atoms with van der Waals surface area (Å²) in [5, 5.41) is 14.5. The molecule has 0 fully saturated rings. The van der Waals surface area contributed by atoms with Gasteiger partial charge in [0.15, 0.2) is 0 Å². The molecule has 3 rings (SSSR count). The number of esters is 2. The van der Waals surface area contributed by atoms with Crippen molar-refractivity contribution < 1.29 is 28.7 Å². The lowest BCUT2D eigenvalue weighted by atomic mass is 9.80. The van der Waals surface area contributed by atoms with Crippen molar-refractivity contribution in [3.8, 4) is 5.75 Å². The number of thioether (sulfide) groups is 1. The zero-order valence-electron chi connectivity index (χ0n) is 23.4. The third-order valence-electron chi connectivity index (χ3n) is 6.52. The number of carbonyl (C=O) groups excluding carboxylic acids is 2. The maximum absolute atomic E-state index is 13.4. The number of ether oxygens (including phenoxy) is 3. The zero-order chi connectivity index (χ0) is 29.2. The predicted molar refractivity (Wildman–Crippen MR) is 153 cm³/mol. The molecule has 40 heavy (non-hydrogen) atoms. The maximum atomic E-state index is 13.4. The van der Waals surface area contributed by atoms with E-state index in [2.05, 4.69) is 10.2 Å². The Hall–Kier alpha value is -3.83. The molecule has 0 saturated heterocycles. The fourth-order valence-electron chi connectivity index (χ4n) is 4.53. The Labute approximate surface area is 238 Å². The second-order valence-electron chi connectivity index (χ2n) is 9.27. The van der Waals surface area contributed by atoms with Crippen molar-refractivity contribution in [2.75, 3.05) is 46.7 Å². The van der Waals surface area contributed by atoms with E-state index in [0.717, 1.165) is 29.5 Å². The summed E-state index contributed by atoms with van der Waals surface area (Å²) in [4.78, 5) is 40.3. The molecule has 0 aliphatic carbocycles. The Morgan fingerprint density at radius 3 is 2.40 bits per heavy atom. The Kier molecular flexibility index (Phi) is 11.2. The van der Waals surface area contributed by atoms with Crippen molar-refractivity contribution in [3.63, 3.8) is 0 Å². The Morgan fingerprint density at radius 2 is 1.73 bits per heavy atom. The number of dihydropyridines is 1. The van der Waals surface area contributed by atoms with Crippen molar-refractivity contribution in [1.82, 2.24) is 10.2 Å². The molecule has 1 N–H and O–H groups in total. The zero-order valence-corrected chi connectivity index (χ0v) is 24.2. The van der Waals surface area contributed by atoms with Gasteiger partial charge in [0.1, 0.15) is 5.75 Å². The van der Waals surface area contributed by atoms with Crippen molar-refractivity contribution in [2.45, 2.75) is 31.1 Å². The standard InChI is InChI=1S/C29H35N3O7S/c1-19-25(28(33)38-5)27(21-10-8-11-22(18-21)32(35)36)26(20(2)30-19)29(34)39-16-9-14-31(3)15-17-40-24-13-7-6-12-23(24)37-4/h6-8,10-13,18,27,30H,9,14-17H2,1-5H3. The second-order valence-corrected chi connectivity index (χ2v) is 10.4. The fourth-order valence-corrected chi connectivity index (χ4v) is 5.63. The minimum Gasteiger partial charge on any atom is -0.496 e. The number of hydrogen-bond acceptors (Lipinski definition) is 10. The number of allylic oxidation sites excluding steroid dienone is 2. The van der Waals surface area contributed by atoms with E-state index in [1.165, 1.54) is 25.3 Å². The van der Waals surface area contributed by atoms with Gasteiger partial charge in [-0.15, -0.1) is 11.8 Å². The molecule has 1 unspecified atom stereocenters. The Bertz CT molecular complexity index is 1310. The summed E-state index contributed by atoms with van der Waals surface area (Å²) < 4.78 is 16.0. The summed E-state index contributed by atoms with van der Waals surface area (Å²) in [7, 11) is 4.92. The number of hydrogen-bond donors (Lipinski definition) is 1. The van der Waals surface area contributed by atoms with Crippen LogP contribution in [0.5, 0.6) is 5.75 Å². The van der Waals surface area contributed by atoms with Crippen molar-refractivity contribution in [3.05, 3.63) is 86.7 Å². The molecule has 2 aromatic rings. The van der Waals surface area contributed by atoms with Gasteiger partial charge in [-0.3, -0.25) is 10.1 Å². The SMILES string of the molecule is COC(=O)C1=C(C)NC(C)=C(C(=O)OCCCN(C)CCSc2ccccc2OC)C1c1cccc([N+](=O)[O-])c1. The highest BCUT2D eigenvalue weighted by Crippen LogP contribution is 2.40. The Morgan fingerprint density at radius 1 is 1.02 bits per heavy atom. The van der Waals surface area contributed by atoms with Crippen molar-refractivity contribution in [1.29, 1.82) is 0 Å². The smallest absolute Gasteiger partial charge is 0.336 e. The average molecular weight is 570 g/mol. The number of nitrogens with one attached hydrogen (secondary N) is 1. The number of carbonyl (C=O) groups is 2. The van der Waals surface area contributed by atoms with Gasteiger partial charge in [-0.1, -0.05) is 24.3 Å². The summed E-state index contributed by atoms with van der Waals surface area (Å²) >= 11 is 1.72. The van der Waals surface area contributed by atoms with Gasteiger partial charge in [0, 0.05) is 47.3 Å². The quantitative estimate of drug-likeness (QED) is 0.120. The van der Waals surface area contributed by atoms with Gasteiger partial charge in [-0.25, -0.2) is 9.59 Å². The molecule has 0 amide bonds. The lowest BCUT2D eigenvalue weighted by Gasteiger charge is -2.30. The molecular formula is C29H35N3O7S. The van der Waals surface area contributed by atoms with Crippen LogP contribution in [0.3, 0.4) is 0 Å². The van der Waals surface area contributed by atoms with E-state index < -0.39 is 22.8 Å². The summed E-state index contributed by atoms with van der Waals surface area (Å²) in [6.45, 7) is 5.15. The normalized spacial score (nSPS) is 15.1. The summed E-state index contributed by atoms with van der Waals surface area (Å²) in [6, 6.07) is 13.8. The molecule has 0 bridgehead atoms. The lowest BCUT2D eigenvalue weighted by Crippen LogP contribution is -2.32. The maximum Gasteiger partial charge on any atom is 0.336 e. The van der Waals surface area contributed by atoms with Crippen LogP contribution in [0.2, 0.25) is 0 Å². The summed E-state index contributed by atoms with van der Waals surface area (Å²) in [5.41, 5.74) is 1.72.